The Hall–Kier alpha value is -2.27. The Bertz CT molecular complexity index is 2000. The van der Waals surface area contributed by atoms with E-state index in [1.54, 1.807) is 0 Å². The van der Waals surface area contributed by atoms with Gasteiger partial charge in [0.15, 0.2) is 66.2 Å². The summed E-state index contributed by atoms with van der Waals surface area (Å²) in [5.74, 6) is -48.5. The maximum Gasteiger partial charge on any atom is 0.200 e. The summed E-state index contributed by atoms with van der Waals surface area (Å²) in [6.07, 6.45) is 0. The molecule has 0 spiro atoms. The molecule has 0 aliphatic rings. The van der Waals surface area contributed by atoms with Gasteiger partial charge < -0.3 is 7.43 Å². The molecule has 0 N–H and O–H groups in total. The minimum Gasteiger partial charge on any atom is -0.358 e. The number of hydrogen-bond donors (Lipinski definition) is 0. The number of benzene rings is 4. The van der Waals surface area contributed by atoms with Gasteiger partial charge in [-0.1, -0.05) is 0 Å². The first-order chi connectivity index (χ1) is 21.8. The summed E-state index contributed by atoms with van der Waals surface area (Å²) in [7, 11) is -12.4. The third-order valence-electron chi connectivity index (χ3n) is 5.42. The van der Waals surface area contributed by atoms with Crippen LogP contribution in [0.5, 0.6) is 0 Å². The quantitative estimate of drug-likeness (QED) is 0.0696. The van der Waals surface area contributed by atoms with Crippen LogP contribution in [0, 0.1) is 124 Å². The first-order valence-electron chi connectivity index (χ1n) is 10.9. The van der Waals surface area contributed by atoms with Crippen LogP contribution in [0.15, 0.2) is 19.6 Å². The number of rotatable bonds is 4. The zero-order valence-electron chi connectivity index (χ0n) is 23.4. The Kier molecular flexibility index (Phi) is 16.5. The van der Waals surface area contributed by atoms with Crippen LogP contribution in [0.3, 0.4) is 0 Å². The molecule has 0 bridgehead atoms. The Morgan fingerprint density at radius 2 is 0.412 bits per heavy atom. The molecule has 4 aromatic rings. The molecular weight excluding hydrogens is 948 g/mol. The SMILES string of the molecule is O=S(=O)(c1c(F)c(F)[c-]c(F)c1F)c1c(F)c(F)c(F)c(F)c1F.O=S(=O)(c1c(F)c(F)[c-]c(F)c1F)c1c(F)c(F)c(F)c(F)c1F.[CH3-].[Y].[Y]. The molecule has 2 radical (unpaired) electrons. The topological polar surface area (TPSA) is 68.3 Å². The van der Waals surface area contributed by atoms with E-state index in [9.17, 15) is 95.9 Å². The molecule has 0 saturated heterocycles. The summed E-state index contributed by atoms with van der Waals surface area (Å²) < 4.78 is 285. The van der Waals surface area contributed by atoms with Crippen LogP contribution in [0.2, 0.25) is 0 Å². The van der Waals surface area contributed by atoms with Gasteiger partial charge in [-0.15, -0.1) is 12.1 Å². The Labute approximate surface area is 322 Å². The van der Waals surface area contributed by atoms with Crippen LogP contribution in [0.25, 0.3) is 0 Å². The third-order valence-corrected chi connectivity index (χ3v) is 9.00. The molecule has 0 saturated carbocycles. The predicted molar refractivity (Wildman–Crippen MR) is 120 cm³/mol. The largest absolute Gasteiger partial charge is 0.358 e. The van der Waals surface area contributed by atoms with Crippen molar-refractivity contribution in [3.05, 3.63) is 124 Å². The third kappa shape index (κ3) is 8.29. The van der Waals surface area contributed by atoms with Gasteiger partial charge in [0.25, 0.3) is 0 Å². The van der Waals surface area contributed by atoms with E-state index in [1.807, 2.05) is 0 Å². The maximum absolute atomic E-state index is 13.5. The first kappa shape index (κ1) is 48.7. The van der Waals surface area contributed by atoms with Crippen LogP contribution < -0.4 is 0 Å². The zero-order valence-corrected chi connectivity index (χ0v) is 30.7. The van der Waals surface area contributed by atoms with Crippen molar-refractivity contribution < 1.29 is 161 Å². The average molecular weight is 951 g/mol. The molecule has 0 aliphatic heterocycles. The second-order valence-corrected chi connectivity index (χ2v) is 11.9. The average Bonchev–Trinajstić information content (AvgIpc) is 2.99. The van der Waals surface area contributed by atoms with Crippen molar-refractivity contribution in [2.45, 2.75) is 19.6 Å². The van der Waals surface area contributed by atoms with Gasteiger partial charge in [-0.2, -0.15) is 0 Å². The molecule has 0 aliphatic carbocycles. The van der Waals surface area contributed by atoms with Gasteiger partial charge in [-0.05, 0) is 0 Å². The summed E-state index contributed by atoms with van der Waals surface area (Å²) in [5.41, 5.74) is 0. The molecule has 0 atom stereocenters. The van der Waals surface area contributed by atoms with Crippen molar-refractivity contribution in [2.24, 2.45) is 0 Å². The second-order valence-electron chi connectivity index (χ2n) is 8.23. The fourth-order valence-corrected chi connectivity index (χ4v) is 6.33. The molecule has 51 heavy (non-hydrogen) atoms. The molecule has 0 heterocycles. The van der Waals surface area contributed by atoms with Gasteiger partial charge in [0.05, 0.1) is 23.3 Å². The Balaban J connectivity index is 0.000000926. The van der Waals surface area contributed by atoms with Gasteiger partial charge in [0.1, 0.15) is 9.79 Å². The van der Waals surface area contributed by atoms with Crippen LogP contribution >= 0.6 is 0 Å². The van der Waals surface area contributed by atoms with E-state index in [-0.39, 0.29) is 72.8 Å². The van der Waals surface area contributed by atoms with Crippen molar-refractivity contribution in [3.63, 3.8) is 0 Å². The van der Waals surface area contributed by atoms with E-state index < -0.39 is 144 Å². The number of hydrogen-bond acceptors (Lipinski definition) is 4. The van der Waals surface area contributed by atoms with Crippen LogP contribution in [0.4, 0.5) is 79.0 Å². The van der Waals surface area contributed by atoms with E-state index in [0.717, 1.165) is 12.1 Å². The predicted octanol–water partition coefficient (Wildman–Crippen LogP) is 7.59. The summed E-state index contributed by atoms with van der Waals surface area (Å²) in [6, 6.07) is 1.58. The van der Waals surface area contributed by atoms with E-state index in [1.165, 1.54) is 0 Å². The summed E-state index contributed by atoms with van der Waals surface area (Å²) in [6.45, 7) is 0. The second kappa shape index (κ2) is 17.2. The molecule has 0 aromatic heterocycles. The fourth-order valence-electron chi connectivity index (χ4n) is 3.32. The monoisotopic (exact) mass is 951 g/mol. The van der Waals surface area contributed by atoms with Crippen LogP contribution in [0.1, 0.15) is 0 Å². The van der Waals surface area contributed by atoms with Gasteiger partial charge in [0, 0.05) is 98.5 Å². The standard InChI is InChI=1S/2C12F9O2S.CH3.2Y/c2*13-2-1-3(14)5(16)11(4(2)15)24(22,23)12-9(20)7(18)6(17)8(19)10(12)21;;;/h;;1H3;;/q3*-1;;. The van der Waals surface area contributed by atoms with Gasteiger partial charge in [-0.25, -0.2) is 78.3 Å². The summed E-state index contributed by atoms with van der Waals surface area (Å²) >= 11 is 0. The molecule has 0 unspecified atom stereocenters. The molecule has 0 amide bonds. The van der Waals surface area contributed by atoms with Crippen LogP contribution in [-0.2, 0) is 85.1 Å². The van der Waals surface area contributed by atoms with E-state index in [4.69, 9.17) is 0 Å². The Morgan fingerprint density at radius 3 is 0.588 bits per heavy atom. The van der Waals surface area contributed by atoms with Crippen LogP contribution in [-0.4, -0.2) is 16.8 Å². The molecule has 26 heteroatoms. The number of halogens is 18. The number of sulfone groups is 2. The Morgan fingerprint density at radius 1 is 0.275 bits per heavy atom. The minimum absolute atomic E-state index is 0. The molecule has 0 fully saturated rings. The zero-order chi connectivity index (χ0) is 37.1. The van der Waals surface area contributed by atoms with Gasteiger partial charge >= 0.3 is 0 Å². The van der Waals surface area contributed by atoms with Crippen molar-refractivity contribution in [1.29, 1.82) is 0 Å². The first-order valence-corrected chi connectivity index (χ1v) is 13.9. The van der Waals surface area contributed by atoms with Crippen molar-refractivity contribution in [2.75, 3.05) is 0 Å². The summed E-state index contributed by atoms with van der Waals surface area (Å²) in [5, 5.41) is 0. The van der Waals surface area contributed by atoms with E-state index in [2.05, 4.69) is 0 Å². The molecule has 274 valence electrons. The van der Waals surface area contributed by atoms with E-state index >= 15 is 0 Å². The van der Waals surface area contributed by atoms with Crippen molar-refractivity contribution in [3.8, 4) is 0 Å². The smallest absolute Gasteiger partial charge is 0.200 e. The molecule has 4 nitrogen and oxygen atoms in total. The minimum atomic E-state index is -6.22. The molecular formula is C25H3F18O4S2Y2-3. The molecule has 4 aromatic carbocycles. The fraction of sp³-hybridized carbons (Fsp3) is 0. The maximum atomic E-state index is 13.5. The van der Waals surface area contributed by atoms with E-state index in [0.29, 0.717) is 0 Å². The van der Waals surface area contributed by atoms with Gasteiger partial charge in [-0.3, -0.25) is 17.6 Å². The van der Waals surface area contributed by atoms with Crippen molar-refractivity contribution in [1.82, 2.24) is 0 Å². The van der Waals surface area contributed by atoms with Crippen molar-refractivity contribution >= 4 is 19.7 Å². The summed E-state index contributed by atoms with van der Waals surface area (Å²) in [4.78, 5) is -10.5. The molecule has 4 rings (SSSR count). The van der Waals surface area contributed by atoms with Gasteiger partial charge in [0.2, 0.25) is 11.6 Å². The normalized spacial score (nSPS) is 11.2.